The van der Waals surface area contributed by atoms with Crippen molar-refractivity contribution in [3.05, 3.63) is 6.42 Å². The molecule has 1 aliphatic rings. The van der Waals surface area contributed by atoms with Crippen LogP contribution in [0.15, 0.2) is 0 Å². The minimum absolute atomic E-state index is 0. The van der Waals surface area contributed by atoms with Gasteiger partial charge in [-0.2, -0.15) is 12.8 Å². The Bertz CT molecular complexity index is 57.5. The van der Waals surface area contributed by atoms with Crippen molar-refractivity contribution < 1.29 is 51.4 Å². The Morgan fingerprint density at radius 1 is 1.50 bits per heavy atom. The Labute approximate surface area is 98.8 Å². The van der Waals surface area contributed by atoms with Crippen LogP contribution >= 0.6 is 11.6 Å². The van der Waals surface area contributed by atoms with Gasteiger partial charge in [0.2, 0.25) is 0 Å². The second kappa shape index (κ2) is 4.70. The largest absolute Gasteiger partial charge is 1.00 e. The fourth-order valence-electron chi connectivity index (χ4n) is 0.898. The van der Waals surface area contributed by atoms with Crippen molar-refractivity contribution in [3.63, 3.8) is 0 Å². The molecule has 0 radical (unpaired) electrons. The van der Waals surface area contributed by atoms with Crippen LogP contribution in [-0.2, 0) is 0 Å². The van der Waals surface area contributed by atoms with Gasteiger partial charge in [-0.05, 0) is 0 Å². The van der Waals surface area contributed by atoms with E-state index < -0.39 is 0 Å². The van der Waals surface area contributed by atoms with Crippen molar-refractivity contribution in [1.29, 1.82) is 0 Å². The fourth-order valence-corrected chi connectivity index (χ4v) is 1.13. The van der Waals surface area contributed by atoms with Gasteiger partial charge in [0.15, 0.2) is 0 Å². The summed E-state index contributed by atoms with van der Waals surface area (Å²) in [6, 6.07) is 0. The first-order valence-corrected chi connectivity index (χ1v) is 3.20. The molecule has 1 fully saturated rings. The molecule has 0 heterocycles. The van der Waals surface area contributed by atoms with Crippen molar-refractivity contribution in [3.8, 4) is 0 Å². The van der Waals surface area contributed by atoms with Crippen LogP contribution in [0.1, 0.15) is 19.8 Å². The predicted octanol–water partition coefficient (Wildman–Crippen LogP) is -0.768. The van der Waals surface area contributed by atoms with Crippen LogP contribution in [0.5, 0.6) is 0 Å². The Hall–Kier alpha value is 1.93. The zero-order valence-corrected chi connectivity index (χ0v) is 9.40. The van der Waals surface area contributed by atoms with Crippen molar-refractivity contribution in [2.24, 2.45) is 5.92 Å². The number of alkyl halides is 1. The van der Waals surface area contributed by atoms with E-state index in [1.807, 2.05) is 0 Å². The van der Waals surface area contributed by atoms with Gasteiger partial charge in [-0.3, -0.25) is 0 Å². The molecular weight excluding hydrogens is 147 g/mol. The minimum Gasteiger partial charge on any atom is -0.327 e. The molecule has 2 unspecified atom stereocenters. The topological polar surface area (TPSA) is 0 Å². The van der Waals surface area contributed by atoms with Crippen LogP contribution in [0.3, 0.4) is 0 Å². The average molecular weight is 157 g/mol. The zero-order chi connectivity index (χ0) is 5.28. The van der Waals surface area contributed by atoms with Gasteiger partial charge in [-0.15, -0.1) is 11.6 Å². The molecule has 0 nitrogen and oxygen atoms in total. The fraction of sp³-hybridized carbons (Fsp3) is 0.833. The summed E-state index contributed by atoms with van der Waals surface area (Å²) in [6.45, 7) is 2.20. The Kier molecular flexibility index (Phi) is 5.83. The minimum atomic E-state index is 0. The van der Waals surface area contributed by atoms with Crippen LogP contribution in [0, 0.1) is 12.3 Å². The van der Waals surface area contributed by atoms with Crippen LogP contribution in [0.25, 0.3) is 0 Å². The molecule has 8 heavy (non-hydrogen) atoms. The zero-order valence-electron chi connectivity index (χ0n) is 5.52. The molecular formula is C6H10ClK. The van der Waals surface area contributed by atoms with E-state index in [9.17, 15) is 0 Å². The molecule has 2 atom stereocenters. The number of rotatable bonds is 0. The van der Waals surface area contributed by atoms with Gasteiger partial charge in [0.05, 0.1) is 0 Å². The third kappa shape index (κ3) is 2.67. The first kappa shape index (κ1) is 9.93. The Balaban J connectivity index is 0.000000490. The standard InChI is InChI=1S/C6H10Cl.K/c1-5-3-2-4-6(5)7;/h2,5-6H,3-4H2,1H3;/q-1;+1. The summed E-state index contributed by atoms with van der Waals surface area (Å²) in [5.74, 6) is 0.724. The van der Waals surface area contributed by atoms with Crippen LogP contribution in [-0.4, -0.2) is 5.38 Å². The first-order chi connectivity index (χ1) is 3.30. The van der Waals surface area contributed by atoms with E-state index in [2.05, 4.69) is 13.3 Å². The maximum atomic E-state index is 5.83. The van der Waals surface area contributed by atoms with Gasteiger partial charge in [0, 0.05) is 5.38 Å². The quantitative estimate of drug-likeness (QED) is 0.246. The summed E-state index contributed by atoms with van der Waals surface area (Å²) in [7, 11) is 0. The average Bonchev–Trinajstić information content (AvgIpc) is 1.91. The second-order valence-corrected chi connectivity index (χ2v) is 2.81. The summed E-state index contributed by atoms with van der Waals surface area (Å²) >= 11 is 5.83. The normalized spacial score (nSPS) is 36.8. The van der Waals surface area contributed by atoms with E-state index >= 15 is 0 Å². The van der Waals surface area contributed by atoms with Crippen molar-refractivity contribution in [1.82, 2.24) is 0 Å². The van der Waals surface area contributed by atoms with E-state index in [0.29, 0.717) is 5.38 Å². The molecule has 0 aromatic heterocycles. The monoisotopic (exact) mass is 156 g/mol. The van der Waals surface area contributed by atoms with Gasteiger partial charge < -0.3 is 6.42 Å². The van der Waals surface area contributed by atoms with Crippen molar-refractivity contribution in [2.45, 2.75) is 25.1 Å². The molecule has 2 heteroatoms. The third-order valence-electron chi connectivity index (χ3n) is 1.55. The predicted molar refractivity (Wildman–Crippen MR) is 32.3 cm³/mol. The SMILES string of the molecule is CC1C[CH-]CC1Cl.[K+]. The summed E-state index contributed by atoms with van der Waals surface area (Å²) in [4.78, 5) is 0. The van der Waals surface area contributed by atoms with Crippen molar-refractivity contribution in [2.75, 3.05) is 0 Å². The Morgan fingerprint density at radius 2 is 2.12 bits per heavy atom. The molecule has 1 saturated carbocycles. The first-order valence-electron chi connectivity index (χ1n) is 2.76. The van der Waals surface area contributed by atoms with Gasteiger partial charge in [0.1, 0.15) is 0 Å². The number of hydrogen-bond acceptors (Lipinski definition) is 0. The number of halogens is 1. The molecule has 0 amide bonds. The molecule has 0 N–H and O–H groups in total. The summed E-state index contributed by atoms with van der Waals surface area (Å²) in [5.41, 5.74) is 0. The summed E-state index contributed by atoms with van der Waals surface area (Å²) < 4.78 is 0. The van der Waals surface area contributed by atoms with Gasteiger partial charge in [0.25, 0.3) is 0 Å². The van der Waals surface area contributed by atoms with E-state index in [4.69, 9.17) is 11.6 Å². The Morgan fingerprint density at radius 3 is 2.25 bits per heavy atom. The molecule has 0 saturated heterocycles. The second-order valence-electron chi connectivity index (χ2n) is 2.25. The molecule has 0 aliphatic heterocycles. The van der Waals surface area contributed by atoms with E-state index in [1.165, 1.54) is 6.42 Å². The molecule has 42 valence electrons. The molecule has 0 aromatic rings. The maximum Gasteiger partial charge on any atom is 1.00 e. The smallest absolute Gasteiger partial charge is 0.327 e. The molecule has 0 bridgehead atoms. The van der Waals surface area contributed by atoms with Crippen LogP contribution in [0.4, 0.5) is 0 Å². The van der Waals surface area contributed by atoms with Gasteiger partial charge >= 0.3 is 51.4 Å². The summed E-state index contributed by atoms with van der Waals surface area (Å²) in [5, 5.41) is 0.431. The van der Waals surface area contributed by atoms with Crippen molar-refractivity contribution >= 4 is 11.6 Å². The molecule has 1 aliphatic carbocycles. The van der Waals surface area contributed by atoms with Crippen LogP contribution < -0.4 is 51.4 Å². The summed E-state index contributed by atoms with van der Waals surface area (Å²) in [6.07, 6.45) is 4.60. The van der Waals surface area contributed by atoms with Crippen LogP contribution in [0.2, 0.25) is 0 Å². The molecule has 1 rings (SSSR count). The number of hydrogen-bond donors (Lipinski definition) is 0. The van der Waals surface area contributed by atoms with Gasteiger partial charge in [-0.25, -0.2) is 0 Å². The van der Waals surface area contributed by atoms with E-state index in [-0.39, 0.29) is 51.4 Å². The third-order valence-corrected chi connectivity index (χ3v) is 2.16. The molecule has 0 aromatic carbocycles. The van der Waals surface area contributed by atoms with E-state index in [0.717, 1.165) is 12.3 Å². The maximum absolute atomic E-state index is 5.83. The van der Waals surface area contributed by atoms with E-state index in [1.54, 1.807) is 0 Å². The van der Waals surface area contributed by atoms with Gasteiger partial charge in [-0.1, -0.05) is 12.8 Å². The molecule has 0 spiro atoms.